The van der Waals surface area contributed by atoms with Crippen molar-refractivity contribution in [1.29, 1.82) is 0 Å². The maximum absolute atomic E-state index is 12.5. The molecule has 1 amide bonds. The molecule has 2 heterocycles. The number of hydrogen-bond acceptors (Lipinski definition) is 8. The normalized spacial score (nSPS) is 11.6. The Morgan fingerprint density at radius 2 is 1.90 bits per heavy atom. The van der Waals surface area contributed by atoms with Gasteiger partial charge in [0.05, 0.1) is 24.8 Å². The first kappa shape index (κ1) is 20.8. The first-order valence-electron chi connectivity index (χ1n) is 8.68. The molecule has 1 unspecified atom stereocenters. The van der Waals surface area contributed by atoms with Crippen LogP contribution in [-0.2, 0) is 9.53 Å². The number of rotatable bonds is 7. The zero-order chi connectivity index (χ0) is 21.0. The molecule has 3 rings (SSSR count). The Morgan fingerprint density at radius 1 is 1.14 bits per heavy atom. The number of carbonyl (C=O) groups excluding carboxylic acids is 2. The third kappa shape index (κ3) is 4.75. The summed E-state index contributed by atoms with van der Waals surface area (Å²) in [6.45, 7) is 3.27. The van der Waals surface area contributed by atoms with Crippen LogP contribution in [0.1, 0.15) is 22.3 Å². The number of methoxy groups -OCH3 is 2. The van der Waals surface area contributed by atoms with E-state index in [-0.39, 0.29) is 0 Å². The molecule has 29 heavy (non-hydrogen) atoms. The first-order valence-corrected chi connectivity index (χ1v) is 10.4. The van der Waals surface area contributed by atoms with E-state index in [1.165, 1.54) is 32.5 Å². The molecule has 152 valence electrons. The zero-order valence-electron chi connectivity index (χ0n) is 16.3. The second kappa shape index (κ2) is 9.06. The summed E-state index contributed by atoms with van der Waals surface area (Å²) in [5.41, 5.74) is 1.08. The number of hydrogen-bond donors (Lipinski definition) is 1. The molecule has 0 fully saturated rings. The fourth-order valence-corrected chi connectivity index (χ4v) is 4.26. The summed E-state index contributed by atoms with van der Waals surface area (Å²) >= 11 is 2.80. The van der Waals surface area contributed by atoms with E-state index in [2.05, 4.69) is 10.3 Å². The molecule has 0 saturated heterocycles. The van der Waals surface area contributed by atoms with Crippen LogP contribution in [0.15, 0.2) is 35.7 Å². The molecule has 0 saturated carbocycles. The number of ether oxygens (including phenoxy) is 3. The fourth-order valence-electron chi connectivity index (χ4n) is 2.52. The number of carbonyl (C=O) groups is 2. The number of esters is 1. The van der Waals surface area contributed by atoms with Crippen molar-refractivity contribution in [2.75, 3.05) is 19.5 Å². The maximum Gasteiger partial charge on any atom is 0.351 e. The average molecular weight is 433 g/mol. The Labute approximate surface area is 176 Å². The minimum absolute atomic E-state index is 0.388. The number of aryl methyl sites for hydroxylation is 1. The summed E-state index contributed by atoms with van der Waals surface area (Å²) < 4.78 is 15.7. The third-order valence-electron chi connectivity index (χ3n) is 4.02. The first-order chi connectivity index (χ1) is 13.9. The van der Waals surface area contributed by atoms with Crippen LogP contribution in [-0.4, -0.2) is 37.2 Å². The van der Waals surface area contributed by atoms with Crippen LogP contribution in [0.5, 0.6) is 11.5 Å². The minimum atomic E-state index is -0.984. The number of aromatic nitrogens is 1. The number of amides is 1. The number of thiazole rings is 1. The van der Waals surface area contributed by atoms with Gasteiger partial charge in [-0.25, -0.2) is 9.78 Å². The molecule has 0 radical (unpaired) electrons. The highest BCUT2D eigenvalue weighted by molar-refractivity contribution is 7.22. The number of nitrogens with one attached hydrogen (secondary N) is 1. The van der Waals surface area contributed by atoms with Gasteiger partial charge in [-0.1, -0.05) is 6.07 Å². The van der Waals surface area contributed by atoms with Crippen LogP contribution < -0.4 is 14.8 Å². The molecule has 0 aliphatic rings. The van der Waals surface area contributed by atoms with Crippen molar-refractivity contribution in [2.24, 2.45) is 0 Å². The van der Waals surface area contributed by atoms with Crippen molar-refractivity contribution in [3.63, 3.8) is 0 Å². The quantitative estimate of drug-likeness (QED) is 0.558. The highest BCUT2D eigenvalue weighted by Crippen LogP contribution is 2.32. The Balaban J connectivity index is 1.66. The molecule has 9 heteroatoms. The van der Waals surface area contributed by atoms with Crippen LogP contribution in [0.2, 0.25) is 0 Å². The molecule has 0 aliphatic carbocycles. The highest BCUT2D eigenvalue weighted by atomic mass is 32.1. The van der Waals surface area contributed by atoms with E-state index in [1.807, 2.05) is 17.5 Å². The predicted molar refractivity (Wildman–Crippen MR) is 113 cm³/mol. The van der Waals surface area contributed by atoms with Crippen LogP contribution in [0, 0.1) is 6.92 Å². The van der Waals surface area contributed by atoms with Gasteiger partial charge >= 0.3 is 5.97 Å². The number of nitrogens with zero attached hydrogens (tertiary/aromatic N) is 1. The Morgan fingerprint density at radius 3 is 2.55 bits per heavy atom. The molecule has 1 aromatic carbocycles. The largest absolute Gasteiger partial charge is 0.493 e. The van der Waals surface area contributed by atoms with Gasteiger partial charge in [0.2, 0.25) is 0 Å². The van der Waals surface area contributed by atoms with Crippen LogP contribution in [0.4, 0.5) is 5.69 Å². The second-order valence-electron chi connectivity index (χ2n) is 6.02. The molecule has 0 bridgehead atoms. The topological polar surface area (TPSA) is 86.8 Å². The molecule has 3 aromatic rings. The van der Waals surface area contributed by atoms with Gasteiger partial charge in [-0.2, -0.15) is 0 Å². The number of thiophene rings is 1. The van der Waals surface area contributed by atoms with E-state index >= 15 is 0 Å². The smallest absolute Gasteiger partial charge is 0.351 e. The van der Waals surface area contributed by atoms with E-state index in [0.717, 1.165) is 9.88 Å². The van der Waals surface area contributed by atoms with E-state index < -0.39 is 18.0 Å². The lowest BCUT2D eigenvalue weighted by atomic mass is 10.2. The molecule has 2 aromatic heterocycles. The Hall–Kier alpha value is -2.91. The van der Waals surface area contributed by atoms with Gasteiger partial charge in [-0.05, 0) is 37.4 Å². The summed E-state index contributed by atoms with van der Waals surface area (Å²) in [4.78, 5) is 30.8. The summed E-state index contributed by atoms with van der Waals surface area (Å²) in [6, 6.07) is 8.85. The minimum Gasteiger partial charge on any atom is -0.493 e. The summed E-state index contributed by atoms with van der Waals surface area (Å²) in [5.74, 6) is 0.00696. The highest BCUT2D eigenvalue weighted by Gasteiger charge is 2.23. The third-order valence-corrected chi connectivity index (χ3v) is 6.19. The lowest BCUT2D eigenvalue weighted by molar-refractivity contribution is -0.123. The van der Waals surface area contributed by atoms with Crippen LogP contribution in [0.3, 0.4) is 0 Å². The number of benzene rings is 1. The molecular formula is C20H20N2O5S2. The Bertz CT molecular complexity index is 1010. The lowest BCUT2D eigenvalue weighted by Gasteiger charge is -2.14. The summed E-state index contributed by atoms with van der Waals surface area (Å²) in [6.07, 6.45) is -0.984. The SMILES string of the molecule is COc1ccc(NC(=O)C(C)OC(=O)c2sc(-c3cccs3)nc2C)cc1OC. The monoisotopic (exact) mass is 432 g/mol. The predicted octanol–water partition coefficient (Wildman–Crippen LogP) is 4.38. The second-order valence-corrected chi connectivity index (χ2v) is 7.96. The van der Waals surface area contributed by atoms with Crippen LogP contribution in [0.25, 0.3) is 9.88 Å². The van der Waals surface area contributed by atoms with Crippen molar-refractivity contribution in [3.05, 3.63) is 46.3 Å². The van der Waals surface area contributed by atoms with Crippen LogP contribution >= 0.6 is 22.7 Å². The molecular weight excluding hydrogens is 412 g/mol. The van der Waals surface area contributed by atoms with Crippen molar-refractivity contribution >= 4 is 40.2 Å². The maximum atomic E-state index is 12.5. The van der Waals surface area contributed by atoms with E-state index in [9.17, 15) is 9.59 Å². The van der Waals surface area contributed by atoms with Gasteiger partial charge < -0.3 is 19.5 Å². The van der Waals surface area contributed by atoms with E-state index in [4.69, 9.17) is 14.2 Å². The van der Waals surface area contributed by atoms with Crippen molar-refractivity contribution in [3.8, 4) is 21.4 Å². The molecule has 7 nitrogen and oxygen atoms in total. The summed E-state index contributed by atoms with van der Waals surface area (Å²) in [5, 5.41) is 5.41. The molecule has 1 atom stereocenters. The van der Waals surface area contributed by atoms with Gasteiger partial charge in [-0.15, -0.1) is 22.7 Å². The van der Waals surface area contributed by atoms with Crippen molar-refractivity contribution in [2.45, 2.75) is 20.0 Å². The summed E-state index contributed by atoms with van der Waals surface area (Å²) in [7, 11) is 3.04. The van der Waals surface area contributed by atoms with E-state index in [0.29, 0.717) is 27.8 Å². The van der Waals surface area contributed by atoms with Crippen molar-refractivity contribution in [1.82, 2.24) is 4.98 Å². The standard InChI is InChI=1S/C20H20N2O5S2/c1-11-17(29-19(21-11)16-6-5-9-28-16)20(24)27-12(2)18(23)22-13-7-8-14(25-3)15(10-13)26-4/h5-10,12H,1-4H3,(H,22,23). The molecule has 0 aliphatic heterocycles. The average Bonchev–Trinajstić information content (AvgIpc) is 3.37. The zero-order valence-corrected chi connectivity index (χ0v) is 18.0. The van der Waals surface area contributed by atoms with Gasteiger partial charge in [0.15, 0.2) is 17.6 Å². The lowest BCUT2D eigenvalue weighted by Crippen LogP contribution is -2.30. The van der Waals surface area contributed by atoms with Gasteiger partial charge in [-0.3, -0.25) is 4.79 Å². The van der Waals surface area contributed by atoms with Gasteiger partial charge in [0.25, 0.3) is 5.91 Å². The fraction of sp³-hybridized carbons (Fsp3) is 0.250. The van der Waals surface area contributed by atoms with E-state index in [1.54, 1.807) is 36.5 Å². The Kier molecular flexibility index (Phi) is 6.50. The van der Waals surface area contributed by atoms with Gasteiger partial charge in [0, 0.05) is 11.8 Å². The molecule has 0 spiro atoms. The van der Waals surface area contributed by atoms with Crippen molar-refractivity contribution < 1.29 is 23.8 Å². The molecule has 1 N–H and O–H groups in total. The number of anilines is 1. The van der Waals surface area contributed by atoms with Gasteiger partial charge in [0.1, 0.15) is 9.88 Å².